The van der Waals surface area contributed by atoms with Crippen LogP contribution in [0.2, 0.25) is 0 Å². The van der Waals surface area contributed by atoms with E-state index in [1.807, 2.05) is 6.07 Å². The standard InChI is InChI=1S/C25H27FO7/c1-30-19-10-9-16(15-6-3-7-17-18(15)14-32-23(17)27)21(22(19)31-2)33-20(8-4-13-26)25(24(28)29)11-5-12-25/h3,6-7,9-10,20H,4-5,8,11-14H2,1-2H3,(H,28,29). The van der Waals surface area contributed by atoms with Crippen LogP contribution < -0.4 is 14.2 Å². The van der Waals surface area contributed by atoms with Crippen LogP contribution in [0.4, 0.5) is 4.39 Å². The third kappa shape index (κ3) is 3.87. The Kier molecular flexibility index (Phi) is 6.44. The monoisotopic (exact) mass is 458 g/mol. The Labute approximate surface area is 191 Å². The SMILES string of the molecule is COc1ccc(-c2cccc3c2COC3=O)c(OC(CCCF)C2(C(=O)O)CCC2)c1OC. The topological polar surface area (TPSA) is 91.3 Å². The fraction of sp³-hybridized carbons (Fsp3) is 0.440. The van der Waals surface area contributed by atoms with E-state index < -0.39 is 30.1 Å². The molecule has 1 atom stereocenters. The van der Waals surface area contributed by atoms with Gasteiger partial charge in [0.05, 0.1) is 26.5 Å². The lowest BCUT2D eigenvalue weighted by Crippen LogP contribution is -2.50. The third-order valence-electron chi connectivity index (χ3n) is 6.68. The summed E-state index contributed by atoms with van der Waals surface area (Å²) in [5, 5.41) is 10.0. The van der Waals surface area contributed by atoms with Gasteiger partial charge in [0, 0.05) is 11.1 Å². The number of aliphatic carboxylic acids is 1. The highest BCUT2D eigenvalue weighted by Gasteiger charge is 2.52. The van der Waals surface area contributed by atoms with Gasteiger partial charge in [-0.05, 0) is 49.4 Å². The van der Waals surface area contributed by atoms with Crippen molar-refractivity contribution in [3.63, 3.8) is 0 Å². The van der Waals surface area contributed by atoms with Crippen LogP contribution in [-0.4, -0.2) is 44.0 Å². The third-order valence-corrected chi connectivity index (χ3v) is 6.68. The molecule has 0 radical (unpaired) electrons. The molecule has 1 unspecified atom stereocenters. The van der Waals surface area contributed by atoms with Crippen molar-refractivity contribution in [3.8, 4) is 28.4 Å². The lowest BCUT2D eigenvalue weighted by Gasteiger charge is -2.44. The van der Waals surface area contributed by atoms with E-state index in [2.05, 4.69) is 0 Å². The molecule has 1 aliphatic heterocycles. The highest BCUT2D eigenvalue weighted by Crippen LogP contribution is 2.51. The minimum absolute atomic E-state index is 0.127. The average molecular weight is 458 g/mol. The van der Waals surface area contributed by atoms with E-state index >= 15 is 0 Å². The van der Waals surface area contributed by atoms with E-state index in [-0.39, 0.29) is 19.4 Å². The van der Waals surface area contributed by atoms with Gasteiger partial charge in [0.2, 0.25) is 5.75 Å². The molecule has 176 valence electrons. The van der Waals surface area contributed by atoms with Gasteiger partial charge in [0.25, 0.3) is 0 Å². The number of carboxylic acids is 1. The molecule has 1 fully saturated rings. The lowest BCUT2D eigenvalue weighted by molar-refractivity contribution is -0.164. The van der Waals surface area contributed by atoms with Crippen LogP contribution in [0, 0.1) is 5.41 Å². The molecule has 2 aromatic rings. The summed E-state index contributed by atoms with van der Waals surface area (Å²) >= 11 is 0. The molecule has 0 saturated heterocycles. The molecule has 1 saturated carbocycles. The Balaban J connectivity index is 1.86. The minimum Gasteiger partial charge on any atom is -0.493 e. The zero-order chi connectivity index (χ0) is 23.6. The van der Waals surface area contributed by atoms with Gasteiger partial charge < -0.3 is 24.1 Å². The molecule has 0 amide bonds. The molecule has 0 spiro atoms. The molecule has 4 rings (SSSR count). The Morgan fingerprint density at radius 2 is 1.88 bits per heavy atom. The fourth-order valence-corrected chi connectivity index (χ4v) is 4.71. The second-order valence-corrected chi connectivity index (χ2v) is 8.34. The summed E-state index contributed by atoms with van der Waals surface area (Å²) in [7, 11) is 2.97. The van der Waals surface area contributed by atoms with Gasteiger partial charge >= 0.3 is 11.9 Å². The number of carbonyl (C=O) groups is 2. The summed E-state index contributed by atoms with van der Waals surface area (Å²) in [5.74, 6) is -0.308. The first-order valence-corrected chi connectivity index (χ1v) is 11.0. The summed E-state index contributed by atoms with van der Waals surface area (Å²) in [6.45, 7) is -0.439. The van der Waals surface area contributed by atoms with Crippen LogP contribution in [0.1, 0.15) is 48.0 Å². The van der Waals surface area contributed by atoms with Crippen LogP contribution in [0.3, 0.4) is 0 Å². The number of fused-ring (bicyclic) bond motifs is 1. The number of cyclic esters (lactones) is 1. The van der Waals surface area contributed by atoms with Gasteiger partial charge in [0.1, 0.15) is 18.1 Å². The zero-order valence-electron chi connectivity index (χ0n) is 18.7. The average Bonchev–Trinajstić information content (AvgIpc) is 3.16. The van der Waals surface area contributed by atoms with Crippen molar-refractivity contribution in [1.29, 1.82) is 0 Å². The van der Waals surface area contributed by atoms with Crippen molar-refractivity contribution >= 4 is 11.9 Å². The van der Waals surface area contributed by atoms with Gasteiger partial charge in [-0.25, -0.2) is 4.79 Å². The van der Waals surface area contributed by atoms with E-state index in [4.69, 9.17) is 18.9 Å². The van der Waals surface area contributed by atoms with Gasteiger partial charge in [-0.15, -0.1) is 0 Å². The predicted octanol–water partition coefficient (Wildman–Crippen LogP) is 4.79. The number of rotatable bonds is 10. The molecule has 2 aliphatic rings. The fourth-order valence-electron chi connectivity index (χ4n) is 4.71. The van der Waals surface area contributed by atoms with Crippen molar-refractivity contribution in [2.75, 3.05) is 20.9 Å². The number of ether oxygens (including phenoxy) is 4. The Bertz CT molecular complexity index is 1060. The Hall–Kier alpha value is -3.29. The molecule has 0 aromatic heterocycles. The van der Waals surface area contributed by atoms with Crippen molar-refractivity contribution in [2.45, 2.75) is 44.8 Å². The van der Waals surface area contributed by atoms with E-state index in [1.54, 1.807) is 24.3 Å². The normalized spacial score (nSPS) is 16.9. The number of methoxy groups -OCH3 is 2. The zero-order valence-corrected chi connectivity index (χ0v) is 18.7. The van der Waals surface area contributed by atoms with Gasteiger partial charge in [-0.3, -0.25) is 9.18 Å². The van der Waals surface area contributed by atoms with Gasteiger partial charge in [0.15, 0.2) is 11.5 Å². The second kappa shape index (κ2) is 9.29. The van der Waals surface area contributed by atoms with Crippen molar-refractivity contribution in [3.05, 3.63) is 41.5 Å². The van der Waals surface area contributed by atoms with Gasteiger partial charge in [-0.1, -0.05) is 18.6 Å². The number of halogens is 1. The molecular formula is C25H27FO7. The van der Waals surface area contributed by atoms with Crippen LogP contribution in [0.5, 0.6) is 17.2 Å². The van der Waals surface area contributed by atoms with Gasteiger partial charge in [-0.2, -0.15) is 0 Å². The number of benzene rings is 2. The quantitative estimate of drug-likeness (QED) is 0.512. The van der Waals surface area contributed by atoms with E-state index in [0.717, 1.165) is 17.5 Å². The largest absolute Gasteiger partial charge is 0.493 e. The maximum atomic E-state index is 13.1. The van der Waals surface area contributed by atoms with Crippen molar-refractivity contribution in [2.24, 2.45) is 5.41 Å². The molecule has 7 nitrogen and oxygen atoms in total. The predicted molar refractivity (Wildman–Crippen MR) is 118 cm³/mol. The highest BCUT2D eigenvalue weighted by molar-refractivity contribution is 5.96. The molecule has 1 heterocycles. The Morgan fingerprint density at radius 1 is 1.12 bits per heavy atom. The number of hydrogen-bond acceptors (Lipinski definition) is 6. The number of hydrogen-bond donors (Lipinski definition) is 1. The summed E-state index contributed by atoms with van der Waals surface area (Å²) in [6.07, 6.45) is 1.37. The molecule has 2 aromatic carbocycles. The second-order valence-electron chi connectivity index (χ2n) is 8.34. The molecule has 33 heavy (non-hydrogen) atoms. The smallest absolute Gasteiger partial charge is 0.338 e. The molecule has 8 heteroatoms. The lowest BCUT2D eigenvalue weighted by atomic mass is 9.64. The summed E-state index contributed by atoms with van der Waals surface area (Å²) in [4.78, 5) is 24.3. The number of carboxylic acid groups (broad SMARTS) is 1. The maximum absolute atomic E-state index is 13.1. The molecule has 1 aliphatic carbocycles. The first kappa shape index (κ1) is 22.9. The first-order valence-electron chi connectivity index (χ1n) is 11.0. The molecule has 0 bridgehead atoms. The number of alkyl halides is 1. The Morgan fingerprint density at radius 3 is 2.48 bits per heavy atom. The number of carbonyl (C=O) groups excluding carboxylic acids is 1. The summed E-state index contributed by atoms with van der Waals surface area (Å²) in [5.41, 5.74) is 1.45. The minimum atomic E-state index is -1.09. The van der Waals surface area contributed by atoms with E-state index in [0.29, 0.717) is 41.2 Å². The first-order chi connectivity index (χ1) is 16.0. The van der Waals surface area contributed by atoms with E-state index in [1.165, 1.54) is 14.2 Å². The summed E-state index contributed by atoms with van der Waals surface area (Å²) < 4.78 is 35.9. The van der Waals surface area contributed by atoms with Crippen LogP contribution in [0.25, 0.3) is 11.1 Å². The van der Waals surface area contributed by atoms with Crippen LogP contribution in [0.15, 0.2) is 30.3 Å². The molecular weight excluding hydrogens is 431 g/mol. The van der Waals surface area contributed by atoms with Crippen molar-refractivity contribution < 1.29 is 38.0 Å². The maximum Gasteiger partial charge on any atom is 0.338 e. The van der Waals surface area contributed by atoms with E-state index in [9.17, 15) is 19.1 Å². The summed E-state index contributed by atoms with van der Waals surface area (Å²) in [6, 6.07) is 8.82. The van der Waals surface area contributed by atoms with Crippen LogP contribution in [-0.2, 0) is 16.1 Å². The van der Waals surface area contributed by atoms with Crippen LogP contribution >= 0.6 is 0 Å². The number of esters is 1. The molecule has 1 N–H and O–H groups in total. The van der Waals surface area contributed by atoms with Crippen molar-refractivity contribution in [1.82, 2.24) is 0 Å². The highest BCUT2D eigenvalue weighted by atomic mass is 19.1.